The monoisotopic (exact) mass is 508 g/mol. The second-order valence-corrected chi connectivity index (χ2v) is 11.0. The van der Waals surface area contributed by atoms with Crippen molar-refractivity contribution < 1.29 is 15.0 Å². The minimum Gasteiger partial charge on any atom is -0.390 e. The summed E-state index contributed by atoms with van der Waals surface area (Å²) < 4.78 is 0. The number of hydrogen-bond donors (Lipinski definition) is 3. The van der Waals surface area contributed by atoms with Crippen molar-refractivity contribution in [2.75, 3.05) is 29.9 Å². The molecule has 186 valence electrons. The summed E-state index contributed by atoms with van der Waals surface area (Å²) in [4.78, 5) is 29.9. The van der Waals surface area contributed by atoms with Crippen LogP contribution in [0.3, 0.4) is 0 Å². The number of halogens is 1. The molecule has 1 amide bonds. The number of carbonyl (C=O) groups is 1. The topological polar surface area (TPSA) is 129 Å². The number of pyridine rings is 1. The molecular formula is C23H33ClN6O3S. The highest BCUT2D eigenvalue weighted by Crippen LogP contribution is 2.39. The molecule has 1 aliphatic rings. The van der Waals surface area contributed by atoms with Crippen LogP contribution in [0.1, 0.15) is 46.2 Å². The molecule has 4 N–H and O–H groups in total. The average Bonchev–Trinajstić information content (AvgIpc) is 2.79. The third kappa shape index (κ3) is 5.63. The van der Waals surface area contributed by atoms with Crippen LogP contribution in [0.4, 0.5) is 11.6 Å². The third-order valence-electron chi connectivity index (χ3n) is 6.45. The highest BCUT2D eigenvalue weighted by atomic mass is 35.5. The van der Waals surface area contributed by atoms with E-state index in [0.29, 0.717) is 21.4 Å². The summed E-state index contributed by atoms with van der Waals surface area (Å²) in [6, 6.07) is 1.83. The Bertz CT molecular complexity index is 1040. The first-order chi connectivity index (χ1) is 15.9. The number of aliphatic hydroxyl groups is 2. The average molecular weight is 509 g/mol. The Kier molecular flexibility index (Phi) is 8.09. The summed E-state index contributed by atoms with van der Waals surface area (Å²) in [5.74, 6) is 0.379. The molecule has 1 saturated heterocycles. The Morgan fingerprint density at radius 1 is 1.38 bits per heavy atom. The van der Waals surface area contributed by atoms with Gasteiger partial charge in [-0.3, -0.25) is 9.69 Å². The molecule has 3 heterocycles. The molecule has 0 bridgehead atoms. The van der Waals surface area contributed by atoms with E-state index in [1.165, 1.54) is 43.8 Å². The Morgan fingerprint density at radius 3 is 2.59 bits per heavy atom. The van der Waals surface area contributed by atoms with Crippen LogP contribution in [0.25, 0.3) is 0 Å². The number of likely N-dealkylation sites (N-methyl/N-ethyl adjacent to an activating group) is 1. The van der Waals surface area contributed by atoms with Gasteiger partial charge >= 0.3 is 0 Å². The van der Waals surface area contributed by atoms with Crippen molar-refractivity contribution in [2.24, 2.45) is 11.1 Å². The Labute approximate surface area is 209 Å². The smallest absolute Gasteiger partial charge is 0.259 e. The first-order valence-corrected chi connectivity index (χ1v) is 12.4. The molecule has 1 aliphatic heterocycles. The van der Waals surface area contributed by atoms with Gasteiger partial charge in [-0.25, -0.2) is 15.0 Å². The standard InChI is InChI=1S/C23H33ClN6O3S/c1-14(25)23(4)7-10-30(11-8-23)19-15(13-31)28-17(12-27-19)34-16-6-9-26-20(18(16)24)29(5)21(32)22(2,3)33/h6,9,12,14,31,33H,7-8,10-11,13,25H2,1-5H3. The number of carbonyl (C=O) groups excluding carboxylic acids is 1. The van der Waals surface area contributed by atoms with Gasteiger partial charge in [0, 0.05) is 37.3 Å². The highest BCUT2D eigenvalue weighted by Gasteiger charge is 2.34. The Morgan fingerprint density at radius 2 is 2.03 bits per heavy atom. The summed E-state index contributed by atoms with van der Waals surface area (Å²) >= 11 is 7.81. The maximum absolute atomic E-state index is 12.4. The molecule has 1 atom stereocenters. The van der Waals surface area contributed by atoms with E-state index in [4.69, 9.17) is 17.3 Å². The fourth-order valence-electron chi connectivity index (χ4n) is 3.85. The van der Waals surface area contributed by atoms with Gasteiger partial charge in [-0.2, -0.15) is 0 Å². The van der Waals surface area contributed by atoms with Gasteiger partial charge in [-0.1, -0.05) is 30.3 Å². The van der Waals surface area contributed by atoms with Crippen LogP contribution in [0.5, 0.6) is 0 Å². The Balaban J connectivity index is 1.81. The zero-order chi connectivity index (χ0) is 25.3. The molecule has 0 radical (unpaired) electrons. The number of nitrogens with two attached hydrogens (primary N) is 1. The largest absolute Gasteiger partial charge is 0.390 e. The fraction of sp³-hybridized carbons (Fsp3) is 0.565. The van der Waals surface area contributed by atoms with Crippen LogP contribution < -0.4 is 15.5 Å². The van der Waals surface area contributed by atoms with E-state index in [9.17, 15) is 15.0 Å². The van der Waals surface area contributed by atoms with Crippen LogP contribution in [0.15, 0.2) is 28.4 Å². The van der Waals surface area contributed by atoms with Crippen molar-refractivity contribution in [3.63, 3.8) is 0 Å². The molecule has 11 heteroatoms. The number of anilines is 2. The van der Waals surface area contributed by atoms with Gasteiger partial charge in [0.05, 0.1) is 17.8 Å². The van der Waals surface area contributed by atoms with E-state index in [-0.39, 0.29) is 28.9 Å². The van der Waals surface area contributed by atoms with E-state index in [1.807, 2.05) is 0 Å². The quantitative estimate of drug-likeness (QED) is 0.517. The molecule has 3 rings (SSSR count). The van der Waals surface area contributed by atoms with Gasteiger partial charge in [0.1, 0.15) is 16.3 Å². The molecule has 0 aromatic carbocycles. The van der Waals surface area contributed by atoms with Crippen molar-refractivity contribution in [3.05, 3.63) is 29.2 Å². The SMILES string of the molecule is CC(N)C1(C)CCN(c2ncc(Sc3ccnc(N(C)C(=O)C(C)(C)O)c3Cl)nc2CO)CC1. The zero-order valence-electron chi connectivity index (χ0n) is 20.2. The van der Waals surface area contributed by atoms with Gasteiger partial charge in [0.25, 0.3) is 5.91 Å². The lowest BCUT2D eigenvalue weighted by atomic mass is 9.75. The second-order valence-electron chi connectivity index (χ2n) is 9.54. The highest BCUT2D eigenvalue weighted by molar-refractivity contribution is 7.99. The minimum absolute atomic E-state index is 0.0919. The van der Waals surface area contributed by atoms with Gasteiger partial charge < -0.3 is 20.8 Å². The minimum atomic E-state index is -1.56. The number of aromatic nitrogens is 3. The van der Waals surface area contributed by atoms with E-state index in [1.54, 1.807) is 12.3 Å². The summed E-state index contributed by atoms with van der Waals surface area (Å²) in [7, 11) is 1.51. The molecule has 2 aromatic heterocycles. The summed E-state index contributed by atoms with van der Waals surface area (Å²) in [6.45, 7) is 8.44. The van der Waals surface area contributed by atoms with Crippen molar-refractivity contribution in [2.45, 2.75) is 68.7 Å². The van der Waals surface area contributed by atoms with Crippen LogP contribution in [-0.4, -0.2) is 62.9 Å². The van der Waals surface area contributed by atoms with Crippen molar-refractivity contribution in [1.82, 2.24) is 15.0 Å². The first-order valence-electron chi connectivity index (χ1n) is 11.2. The maximum Gasteiger partial charge on any atom is 0.259 e. The van der Waals surface area contributed by atoms with Gasteiger partial charge in [-0.15, -0.1) is 0 Å². The van der Waals surface area contributed by atoms with E-state index in [0.717, 1.165) is 25.9 Å². The molecule has 1 unspecified atom stereocenters. The zero-order valence-corrected chi connectivity index (χ0v) is 21.8. The molecule has 2 aromatic rings. The molecule has 34 heavy (non-hydrogen) atoms. The number of rotatable bonds is 7. The summed E-state index contributed by atoms with van der Waals surface area (Å²) in [5.41, 5.74) is 5.20. The predicted molar refractivity (Wildman–Crippen MR) is 134 cm³/mol. The van der Waals surface area contributed by atoms with Crippen LogP contribution in [0, 0.1) is 5.41 Å². The second kappa shape index (κ2) is 10.3. The molecule has 0 spiro atoms. The number of nitrogens with zero attached hydrogens (tertiary/aromatic N) is 5. The van der Waals surface area contributed by atoms with E-state index >= 15 is 0 Å². The molecule has 0 saturated carbocycles. The number of hydrogen-bond acceptors (Lipinski definition) is 9. The van der Waals surface area contributed by atoms with Crippen molar-refractivity contribution in [3.8, 4) is 0 Å². The predicted octanol–water partition coefficient (Wildman–Crippen LogP) is 2.86. The summed E-state index contributed by atoms with van der Waals surface area (Å²) in [6.07, 6.45) is 5.08. The lowest BCUT2D eigenvalue weighted by Gasteiger charge is -2.42. The van der Waals surface area contributed by atoms with Gasteiger partial charge in [-0.05, 0) is 45.1 Å². The third-order valence-corrected chi connectivity index (χ3v) is 7.90. The molecule has 0 aliphatic carbocycles. The first kappa shape index (κ1) is 26.6. The molecule has 1 fully saturated rings. The van der Waals surface area contributed by atoms with Crippen molar-refractivity contribution in [1.29, 1.82) is 0 Å². The van der Waals surface area contributed by atoms with Crippen LogP contribution in [0.2, 0.25) is 5.02 Å². The molecule has 9 nitrogen and oxygen atoms in total. The van der Waals surface area contributed by atoms with E-state index < -0.39 is 11.5 Å². The maximum atomic E-state index is 12.4. The fourth-order valence-corrected chi connectivity index (χ4v) is 5.01. The van der Waals surface area contributed by atoms with Crippen LogP contribution in [-0.2, 0) is 11.4 Å². The number of piperidine rings is 1. The van der Waals surface area contributed by atoms with Crippen LogP contribution >= 0.6 is 23.4 Å². The van der Waals surface area contributed by atoms with Gasteiger partial charge in [0.15, 0.2) is 11.6 Å². The number of amides is 1. The van der Waals surface area contributed by atoms with Crippen molar-refractivity contribution >= 4 is 40.9 Å². The lowest BCUT2D eigenvalue weighted by molar-refractivity contribution is -0.133. The van der Waals surface area contributed by atoms with Gasteiger partial charge in [0.2, 0.25) is 0 Å². The van der Waals surface area contributed by atoms with E-state index in [2.05, 4.69) is 33.7 Å². The Hall–Kier alpha value is -1.98. The normalized spacial score (nSPS) is 16.9. The number of aliphatic hydroxyl groups excluding tert-OH is 1. The summed E-state index contributed by atoms with van der Waals surface area (Å²) in [5, 5.41) is 20.8. The lowest BCUT2D eigenvalue weighted by Crippen LogP contribution is -2.47. The molecular weight excluding hydrogens is 476 g/mol.